The molecule has 0 saturated heterocycles. The van der Waals surface area contributed by atoms with Crippen LogP contribution in [0.4, 0.5) is 11.6 Å². The molecule has 1 aromatic heterocycles. The van der Waals surface area contributed by atoms with Crippen LogP contribution in [0, 0.1) is 0 Å². The standard InChI is InChI=1S/C7H10N4O2/c1-2-3-13-7(12)4-5(8)10-11-6(4)9/h2H,1,3H2,(H5,8,9,10,11). The minimum atomic E-state index is -0.608. The van der Waals surface area contributed by atoms with Crippen LogP contribution in [0.3, 0.4) is 0 Å². The molecule has 5 N–H and O–H groups in total. The van der Waals surface area contributed by atoms with Gasteiger partial charge in [0, 0.05) is 0 Å². The molecular formula is C7H10N4O2. The van der Waals surface area contributed by atoms with Crippen molar-refractivity contribution in [3.63, 3.8) is 0 Å². The van der Waals surface area contributed by atoms with Crippen LogP contribution in [-0.4, -0.2) is 22.8 Å². The minimum Gasteiger partial charge on any atom is -0.458 e. The highest BCUT2D eigenvalue weighted by atomic mass is 16.5. The second-order valence-electron chi connectivity index (χ2n) is 2.28. The number of hydrogen-bond acceptors (Lipinski definition) is 5. The van der Waals surface area contributed by atoms with Crippen LogP contribution in [0.1, 0.15) is 10.4 Å². The van der Waals surface area contributed by atoms with E-state index in [1.807, 2.05) is 0 Å². The maximum atomic E-state index is 11.2. The zero-order valence-electron chi connectivity index (χ0n) is 6.91. The number of esters is 1. The summed E-state index contributed by atoms with van der Waals surface area (Å²) in [4.78, 5) is 11.2. The lowest BCUT2D eigenvalue weighted by atomic mass is 10.3. The third-order valence-corrected chi connectivity index (χ3v) is 1.36. The molecule has 13 heavy (non-hydrogen) atoms. The molecule has 0 aromatic carbocycles. The first-order valence-electron chi connectivity index (χ1n) is 3.54. The Hall–Kier alpha value is -1.98. The van der Waals surface area contributed by atoms with E-state index in [0.29, 0.717) is 0 Å². The van der Waals surface area contributed by atoms with Gasteiger partial charge < -0.3 is 16.2 Å². The maximum Gasteiger partial charge on any atom is 0.346 e. The molecule has 0 spiro atoms. The molecule has 0 fully saturated rings. The summed E-state index contributed by atoms with van der Waals surface area (Å²) in [6.45, 7) is 3.51. The van der Waals surface area contributed by atoms with Crippen LogP contribution < -0.4 is 11.5 Å². The van der Waals surface area contributed by atoms with Gasteiger partial charge in [-0.2, -0.15) is 5.10 Å². The molecule has 6 nitrogen and oxygen atoms in total. The van der Waals surface area contributed by atoms with Crippen LogP contribution in [0.15, 0.2) is 12.7 Å². The summed E-state index contributed by atoms with van der Waals surface area (Å²) in [6, 6.07) is 0. The monoisotopic (exact) mass is 182 g/mol. The van der Waals surface area contributed by atoms with Gasteiger partial charge in [0.25, 0.3) is 0 Å². The maximum absolute atomic E-state index is 11.2. The second kappa shape index (κ2) is 3.61. The lowest BCUT2D eigenvalue weighted by Crippen LogP contribution is -2.09. The number of H-pyrrole nitrogens is 1. The molecule has 0 bridgehead atoms. The van der Waals surface area contributed by atoms with Gasteiger partial charge in [0.2, 0.25) is 0 Å². The van der Waals surface area contributed by atoms with Crippen molar-refractivity contribution in [1.82, 2.24) is 10.2 Å². The van der Waals surface area contributed by atoms with Gasteiger partial charge in [-0.1, -0.05) is 12.7 Å². The SMILES string of the molecule is C=CCOC(=O)c1c(N)n[nH]c1N. The van der Waals surface area contributed by atoms with Gasteiger partial charge in [0.15, 0.2) is 5.82 Å². The summed E-state index contributed by atoms with van der Waals surface area (Å²) in [5, 5.41) is 5.92. The van der Waals surface area contributed by atoms with E-state index in [1.165, 1.54) is 6.08 Å². The summed E-state index contributed by atoms with van der Waals surface area (Å²) in [5.41, 5.74) is 10.8. The Kier molecular flexibility index (Phi) is 2.53. The number of aromatic amines is 1. The molecule has 0 amide bonds. The van der Waals surface area contributed by atoms with E-state index >= 15 is 0 Å². The Labute approximate surface area is 74.6 Å². The van der Waals surface area contributed by atoms with Gasteiger partial charge in [-0.15, -0.1) is 0 Å². The van der Waals surface area contributed by atoms with Gasteiger partial charge in [-0.3, -0.25) is 5.10 Å². The Morgan fingerprint density at radius 1 is 1.69 bits per heavy atom. The summed E-state index contributed by atoms with van der Waals surface area (Å²) in [7, 11) is 0. The number of hydrogen-bond donors (Lipinski definition) is 3. The predicted octanol–water partition coefficient (Wildman–Crippen LogP) is -0.0831. The van der Waals surface area contributed by atoms with Crippen molar-refractivity contribution in [3.05, 3.63) is 18.2 Å². The predicted molar refractivity (Wildman–Crippen MR) is 47.9 cm³/mol. The lowest BCUT2D eigenvalue weighted by Gasteiger charge is -2.00. The molecule has 0 radical (unpaired) electrons. The molecule has 0 aliphatic heterocycles. The van der Waals surface area contributed by atoms with Crippen LogP contribution >= 0.6 is 0 Å². The van der Waals surface area contributed by atoms with Crippen molar-refractivity contribution in [2.24, 2.45) is 0 Å². The molecule has 1 rings (SSSR count). The Balaban J connectivity index is 2.81. The number of carbonyl (C=O) groups excluding carboxylic acids is 1. The number of carbonyl (C=O) groups is 1. The number of anilines is 2. The highest BCUT2D eigenvalue weighted by Crippen LogP contribution is 2.15. The normalized spacial score (nSPS) is 9.54. The zero-order valence-corrected chi connectivity index (χ0v) is 6.91. The number of rotatable bonds is 3. The van der Waals surface area contributed by atoms with E-state index in [-0.39, 0.29) is 23.8 Å². The fraction of sp³-hybridized carbons (Fsp3) is 0.143. The largest absolute Gasteiger partial charge is 0.458 e. The number of nitrogen functional groups attached to an aromatic ring is 2. The number of nitrogens with one attached hydrogen (secondary N) is 1. The van der Waals surface area contributed by atoms with E-state index in [1.54, 1.807) is 0 Å². The highest BCUT2D eigenvalue weighted by molar-refractivity contribution is 5.98. The second-order valence-corrected chi connectivity index (χ2v) is 2.28. The third kappa shape index (κ3) is 1.78. The van der Waals surface area contributed by atoms with E-state index < -0.39 is 5.97 Å². The summed E-state index contributed by atoms with van der Waals surface area (Å²) >= 11 is 0. The smallest absolute Gasteiger partial charge is 0.346 e. The molecule has 1 aromatic rings. The average Bonchev–Trinajstić information content (AvgIpc) is 2.42. The van der Waals surface area contributed by atoms with Crippen LogP contribution in [0.5, 0.6) is 0 Å². The Morgan fingerprint density at radius 3 is 2.85 bits per heavy atom. The number of nitrogens with two attached hydrogens (primary N) is 2. The molecular weight excluding hydrogens is 172 g/mol. The summed E-state index contributed by atoms with van der Waals surface area (Å²) in [6.07, 6.45) is 1.45. The fourth-order valence-electron chi connectivity index (χ4n) is 0.792. The van der Waals surface area contributed by atoms with Gasteiger partial charge in [-0.05, 0) is 0 Å². The third-order valence-electron chi connectivity index (χ3n) is 1.36. The zero-order chi connectivity index (χ0) is 9.84. The molecule has 0 aliphatic carbocycles. The van der Waals surface area contributed by atoms with E-state index in [2.05, 4.69) is 16.8 Å². The van der Waals surface area contributed by atoms with E-state index in [4.69, 9.17) is 16.2 Å². The molecule has 0 aliphatic rings. The summed E-state index contributed by atoms with van der Waals surface area (Å²) in [5.74, 6) is -0.471. The fourth-order valence-corrected chi connectivity index (χ4v) is 0.792. The quantitative estimate of drug-likeness (QED) is 0.447. The number of ether oxygens (including phenoxy) is 1. The first-order valence-corrected chi connectivity index (χ1v) is 3.54. The molecule has 0 saturated carbocycles. The van der Waals surface area contributed by atoms with Gasteiger partial charge in [0.05, 0.1) is 0 Å². The topological polar surface area (TPSA) is 107 Å². The van der Waals surface area contributed by atoms with Gasteiger partial charge >= 0.3 is 5.97 Å². The van der Waals surface area contributed by atoms with Gasteiger partial charge in [-0.25, -0.2) is 4.79 Å². The Bertz CT molecular complexity index is 312. The minimum absolute atomic E-state index is 0.0339. The molecule has 0 atom stereocenters. The van der Waals surface area contributed by atoms with Crippen LogP contribution in [-0.2, 0) is 4.74 Å². The lowest BCUT2D eigenvalue weighted by molar-refractivity contribution is 0.0552. The van der Waals surface area contributed by atoms with Crippen molar-refractivity contribution in [1.29, 1.82) is 0 Å². The molecule has 1 heterocycles. The van der Waals surface area contributed by atoms with Crippen molar-refractivity contribution in [2.75, 3.05) is 18.1 Å². The molecule has 6 heteroatoms. The van der Waals surface area contributed by atoms with E-state index in [0.717, 1.165) is 0 Å². The van der Waals surface area contributed by atoms with Crippen molar-refractivity contribution >= 4 is 17.6 Å². The number of nitrogens with zero attached hydrogens (tertiary/aromatic N) is 1. The Morgan fingerprint density at radius 2 is 2.38 bits per heavy atom. The number of aromatic nitrogens is 2. The summed E-state index contributed by atoms with van der Waals surface area (Å²) < 4.78 is 4.72. The van der Waals surface area contributed by atoms with Crippen molar-refractivity contribution < 1.29 is 9.53 Å². The first-order chi connectivity index (χ1) is 6.16. The molecule has 0 unspecified atom stereocenters. The first kappa shape index (κ1) is 9.11. The average molecular weight is 182 g/mol. The van der Waals surface area contributed by atoms with Crippen LogP contribution in [0.2, 0.25) is 0 Å². The van der Waals surface area contributed by atoms with Gasteiger partial charge in [0.1, 0.15) is 18.0 Å². The molecule has 70 valence electrons. The van der Waals surface area contributed by atoms with Crippen molar-refractivity contribution in [2.45, 2.75) is 0 Å². The highest BCUT2D eigenvalue weighted by Gasteiger charge is 2.17. The van der Waals surface area contributed by atoms with E-state index in [9.17, 15) is 4.79 Å². The van der Waals surface area contributed by atoms with Crippen molar-refractivity contribution in [3.8, 4) is 0 Å². The van der Waals surface area contributed by atoms with Crippen LogP contribution in [0.25, 0.3) is 0 Å².